The molecule has 3 N–H and O–H groups in total. The Morgan fingerprint density at radius 3 is 2.79 bits per heavy atom. The average Bonchev–Trinajstić information content (AvgIpc) is 2.15. The number of hydrogen-bond acceptors (Lipinski definition) is 4. The molecule has 0 bridgehead atoms. The molecule has 0 aromatic rings. The lowest BCUT2D eigenvalue weighted by Gasteiger charge is -2.19. The van der Waals surface area contributed by atoms with Crippen molar-refractivity contribution < 1.29 is 0 Å². The van der Waals surface area contributed by atoms with Crippen LogP contribution in [0.3, 0.4) is 0 Å². The van der Waals surface area contributed by atoms with Gasteiger partial charge in [-0.15, -0.1) is 0 Å². The number of hydrogen-bond donors (Lipinski definition) is 2. The third-order valence-electron chi connectivity index (χ3n) is 1.58. The van der Waals surface area contributed by atoms with E-state index in [9.17, 15) is 0 Å². The first-order valence-electron chi connectivity index (χ1n) is 4.30. The van der Waals surface area contributed by atoms with Gasteiger partial charge in [0.25, 0.3) is 0 Å². The van der Waals surface area contributed by atoms with Gasteiger partial charge >= 0.3 is 0 Å². The maximum atomic E-state index is 5.65. The fourth-order valence-electron chi connectivity index (χ4n) is 0.764. The highest BCUT2D eigenvalue weighted by Crippen LogP contribution is 1.93. The van der Waals surface area contributed by atoms with Crippen LogP contribution < -0.4 is 11.1 Å². The molecule has 0 unspecified atom stereocenters. The molecule has 0 aliphatic carbocycles. The predicted octanol–water partition coefficient (Wildman–Crippen LogP) is 1.01. The lowest BCUT2D eigenvalue weighted by molar-refractivity contribution is 0.392. The van der Waals surface area contributed by atoms with Gasteiger partial charge < -0.3 is 16.0 Å². The van der Waals surface area contributed by atoms with E-state index in [2.05, 4.69) is 23.6 Å². The van der Waals surface area contributed by atoms with Gasteiger partial charge in [-0.2, -0.15) is 0 Å². The summed E-state index contributed by atoms with van der Waals surface area (Å²) in [4.78, 5) is 5.39. The molecule has 0 aromatic heterocycles. The van der Waals surface area contributed by atoms with Gasteiger partial charge in [0, 0.05) is 12.7 Å². The molecule has 14 heavy (non-hydrogen) atoms. The van der Waals surface area contributed by atoms with E-state index in [0.717, 1.165) is 5.70 Å². The zero-order valence-corrected chi connectivity index (χ0v) is 8.83. The zero-order valence-electron chi connectivity index (χ0n) is 8.83. The van der Waals surface area contributed by atoms with Crippen molar-refractivity contribution in [3.05, 3.63) is 36.4 Å². The van der Waals surface area contributed by atoms with Crippen molar-refractivity contribution >= 4 is 6.72 Å². The molecule has 0 radical (unpaired) electrons. The van der Waals surface area contributed by atoms with Gasteiger partial charge in [0.2, 0.25) is 0 Å². The van der Waals surface area contributed by atoms with Gasteiger partial charge in [0.05, 0.1) is 12.9 Å². The van der Waals surface area contributed by atoms with Gasteiger partial charge in [-0.05, 0) is 19.7 Å². The Kier molecular flexibility index (Phi) is 5.94. The van der Waals surface area contributed by atoms with Crippen LogP contribution in [-0.4, -0.2) is 25.3 Å². The Morgan fingerprint density at radius 2 is 2.29 bits per heavy atom. The van der Waals surface area contributed by atoms with Crippen LogP contribution in [0.5, 0.6) is 0 Å². The summed E-state index contributed by atoms with van der Waals surface area (Å²) in [5.74, 6) is 0.556. The molecule has 0 saturated heterocycles. The lowest BCUT2D eigenvalue weighted by atomic mass is 10.4. The first kappa shape index (κ1) is 12.3. The van der Waals surface area contributed by atoms with Gasteiger partial charge in [-0.1, -0.05) is 12.7 Å². The van der Waals surface area contributed by atoms with Crippen LogP contribution in [0.4, 0.5) is 0 Å². The molecule has 0 amide bonds. The molecule has 0 spiro atoms. The van der Waals surface area contributed by atoms with Gasteiger partial charge in [0.15, 0.2) is 0 Å². The standard InChI is InChI=1S/C10H18N4/c1-5-6-9(2)13-8-14(4)10(11)7-12-3/h5-7,13H,2-3,8,11H2,1,4H3/b6-5-,10-7-. The summed E-state index contributed by atoms with van der Waals surface area (Å²) in [6, 6.07) is 0. The smallest absolute Gasteiger partial charge is 0.119 e. The minimum Gasteiger partial charge on any atom is -0.384 e. The monoisotopic (exact) mass is 194 g/mol. The Morgan fingerprint density at radius 1 is 1.64 bits per heavy atom. The van der Waals surface area contributed by atoms with Crippen LogP contribution >= 0.6 is 0 Å². The Balaban J connectivity index is 3.96. The second-order valence-corrected chi connectivity index (χ2v) is 2.79. The van der Waals surface area contributed by atoms with Crippen LogP contribution in [0, 0.1) is 0 Å². The number of nitrogens with zero attached hydrogens (tertiary/aromatic N) is 2. The highest BCUT2D eigenvalue weighted by atomic mass is 15.3. The normalized spacial score (nSPS) is 11.4. The Bertz CT molecular complexity index is 253. The minimum absolute atomic E-state index is 0.556. The first-order chi connectivity index (χ1) is 6.61. The molecule has 78 valence electrons. The average molecular weight is 194 g/mol. The number of aliphatic imine (C=N–C) groups is 1. The third kappa shape index (κ3) is 5.03. The van der Waals surface area contributed by atoms with E-state index in [1.165, 1.54) is 6.20 Å². The van der Waals surface area contributed by atoms with Crippen LogP contribution in [0.25, 0.3) is 0 Å². The maximum Gasteiger partial charge on any atom is 0.119 e. The molecule has 0 fully saturated rings. The molecular formula is C10H18N4. The number of allylic oxidation sites excluding steroid dienone is 2. The maximum absolute atomic E-state index is 5.65. The van der Waals surface area contributed by atoms with Gasteiger partial charge in [0.1, 0.15) is 5.82 Å². The summed E-state index contributed by atoms with van der Waals surface area (Å²) in [5.41, 5.74) is 6.50. The lowest BCUT2D eigenvalue weighted by Crippen LogP contribution is -2.32. The molecular weight excluding hydrogens is 176 g/mol. The first-order valence-corrected chi connectivity index (χ1v) is 4.30. The zero-order chi connectivity index (χ0) is 11.0. The largest absolute Gasteiger partial charge is 0.384 e. The molecule has 0 aliphatic rings. The molecule has 0 heterocycles. The fraction of sp³-hybridized carbons (Fsp3) is 0.300. The molecule has 0 saturated carbocycles. The van der Waals surface area contributed by atoms with Crippen molar-refractivity contribution in [1.82, 2.24) is 10.2 Å². The molecule has 0 aliphatic heterocycles. The van der Waals surface area contributed by atoms with E-state index in [-0.39, 0.29) is 0 Å². The van der Waals surface area contributed by atoms with Gasteiger partial charge in [-0.25, -0.2) is 0 Å². The molecule has 0 atom stereocenters. The third-order valence-corrected chi connectivity index (χ3v) is 1.58. The van der Waals surface area contributed by atoms with Crippen molar-refractivity contribution in [2.75, 3.05) is 13.7 Å². The summed E-state index contributed by atoms with van der Waals surface area (Å²) >= 11 is 0. The van der Waals surface area contributed by atoms with E-state index in [0.29, 0.717) is 12.5 Å². The number of nitrogens with two attached hydrogens (primary N) is 1. The van der Waals surface area contributed by atoms with E-state index < -0.39 is 0 Å². The van der Waals surface area contributed by atoms with E-state index in [1.54, 1.807) is 0 Å². The quantitative estimate of drug-likeness (QED) is 0.377. The van der Waals surface area contributed by atoms with Crippen LogP contribution in [-0.2, 0) is 0 Å². The van der Waals surface area contributed by atoms with Crippen molar-refractivity contribution in [3.8, 4) is 0 Å². The van der Waals surface area contributed by atoms with Gasteiger partial charge in [-0.3, -0.25) is 4.99 Å². The second kappa shape index (κ2) is 6.77. The second-order valence-electron chi connectivity index (χ2n) is 2.79. The Hall–Kier alpha value is -1.71. The van der Waals surface area contributed by atoms with Crippen LogP contribution in [0.2, 0.25) is 0 Å². The van der Waals surface area contributed by atoms with Crippen molar-refractivity contribution in [1.29, 1.82) is 0 Å². The highest BCUT2D eigenvalue weighted by molar-refractivity contribution is 5.26. The minimum atomic E-state index is 0.556. The highest BCUT2D eigenvalue weighted by Gasteiger charge is 1.97. The molecule has 0 aromatic carbocycles. The summed E-state index contributed by atoms with van der Waals surface area (Å²) in [6.07, 6.45) is 5.30. The SMILES string of the molecule is C=N/C=C(/N)N(C)CNC(=C)/C=C\C. The number of rotatable bonds is 6. The number of nitrogens with one attached hydrogen (secondary N) is 1. The van der Waals surface area contributed by atoms with Crippen molar-refractivity contribution in [2.45, 2.75) is 6.92 Å². The topological polar surface area (TPSA) is 53.6 Å². The summed E-state index contributed by atoms with van der Waals surface area (Å²) < 4.78 is 0. The fourth-order valence-corrected chi connectivity index (χ4v) is 0.764. The van der Waals surface area contributed by atoms with E-state index in [1.807, 2.05) is 31.0 Å². The van der Waals surface area contributed by atoms with Crippen LogP contribution in [0.1, 0.15) is 6.92 Å². The van der Waals surface area contributed by atoms with Crippen LogP contribution in [0.15, 0.2) is 41.4 Å². The molecule has 4 heteroatoms. The van der Waals surface area contributed by atoms with Crippen molar-refractivity contribution in [2.24, 2.45) is 10.7 Å². The molecule has 4 nitrogen and oxygen atoms in total. The molecule has 0 rings (SSSR count). The van der Waals surface area contributed by atoms with E-state index >= 15 is 0 Å². The summed E-state index contributed by atoms with van der Waals surface area (Å²) in [7, 11) is 1.85. The summed E-state index contributed by atoms with van der Waals surface area (Å²) in [5, 5.41) is 3.08. The predicted molar refractivity (Wildman–Crippen MR) is 61.5 cm³/mol. The van der Waals surface area contributed by atoms with Crippen molar-refractivity contribution in [3.63, 3.8) is 0 Å². The van der Waals surface area contributed by atoms with E-state index in [4.69, 9.17) is 5.73 Å². The summed E-state index contributed by atoms with van der Waals surface area (Å²) in [6.45, 7) is 9.65. The Labute approximate surface area is 85.5 Å².